The van der Waals surface area contributed by atoms with E-state index in [4.69, 9.17) is 5.73 Å². The molecule has 3 nitrogen and oxygen atoms in total. The Balaban J connectivity index is 1.85. The molecule has 1 aliphatic rings. The number of anilines is 2. The first-order chi connectivity index (χ1) is 10.2. The summed E-state index contributed by atoms with van der Waals surface area (Å²) in [5, 5.41) is 0. The molecule has 3 rings (SSSR count). The first-order valence-corrected chi connectivity index (χ1v) is 7.45. The first-order valence-electron chi connectivity index (χ1n) is 7.45. The predicted molar refractivity (Wildman–Crippen MR) is 86.4 cm³/mol. The highest BCUT2D eigenvalue weighted by Gasteiger charge is 2.34. The number of hydrogen-bond donors (Lipinski definition) is 1. The predicted octanol–water partition coefficient (Wildman–Crippen LogP) is 3.35. The van der Waals surface area contributed by atoms with Gasteiger partial charge in [0.25, 0.3) is 0 Å². The Morgan fingerprint density at radius 3 is 2.57 bits per heavy atom. The van der Waals surface area contributed by atoms with Gasteiger partial charge in [0, 0.05) is 17.9 Å². The molecular weight excluding hydrogens is 260 g/mol. The molecule has 1 unspecified atom stereocenters. The Morgan fingerprint density at radius 1 is 1.19 bits per heavy atom. The maximum absolute atomic E-state index is 12.9. The molecule has 2 aromatic carbocycles. The molecular formula is C18H20N2O. The topological polar surface area (TPSA) is 46.3 Å². The monoisotopic (exact) mass is 280 g/mol. The van der Waals surface area contributed by atoms with Crippen molar-refractivity contribution < 1.29 is 4.79 Å². The number of carbonyl (C=O) groups is 1. The molecule has 0 aliphatic heterocycles. The van der Waals surface area contributed by atoms with E-state index in [-0.39, 0.29) is 11.8 Å². The van der Waals surface area contributed by atoms with Gasteiger partial charge in [0.05, 0.1) is 5.92 Å². The minimum atomic E-state index is 0.00491. The van der Waals surface area contributed by atoms with Crippen molar-refractivity contribution >= 4 is 17.3 Å². The Bertz CT molecular complexity index is 649. The van der Waals surface area contributed by atoms with E-state index in [9.17, 15) is 4.79 Å². The van der Waals surface area contributed by atoms with Crippen LogP contribution < -0.4 is 10.6 Å². The highest BCUT2D eigenvalue weighted by Crippen LogP contribution is 2.37. The van der Waals surface area contributed by atoms with Crippen molar-refractivity contribution in [2.24, 2.45) is 0 Å². The Labute approximate surface area is 125 Å². The van der Waals surface area contributed by atoms with E-state index in [0.29, 0.717) is 0 Å². The number of nitrogens with two attached hydrogens (primary N) is 1. The first kappa shape index (κ1) is 13.7. The van der Waals surface area contributed by atoms with Crippen molar-refractivity contribution in [3.05, 3.63) is 59.7 Å². The number of carbonyl (C=O) groups excluding carboxylic acids is 1. The number of nitrogen functional groups attached to an aromatic ring is 1. The third kappa shape index (κ3) is 2.51. The molecule has 0 heterocycles. The molecule has 0 saturated carbocycles. The SMILES string of the molecule is CCCN(C(=O)C1Cc2ccccc21)c1ccc(N)cc1. The van der Waals surface area contributed by atoms with Gasteiger partial charge in [-0.05, 0) is 48.2 Å². The Hall–Kier alpha value is -2.29. The molecule has 3 heteroatoms. The zero-order chi connectivity index (χ0) is 14.8. The van der Waals surface area contributed by atoms with Gasteiger partial charge in [-0.3, -0.25) is 4.79 Å². The molecule has 1 atom stereocenters. The molecule has 0 saturated heterocycles. The van der Waals surface area contributed by atoms with Gasteiger partial charge in [-0.15, -0.1) is 0 Å². The van der Waals surface area contributed by atoms with Gasteiger partial charge >= 0.3 is 0 Å². The van der Waals surface area contributed by atoms with Crippen LogP contribution in [0.4, 0.5) is 11.4 Å². The lowest BCUT2D eigenvalue weighted by Gasteiger charge is -2.34. The maximum Gasteiger partial charge on any atom is 0.234 e. The van der Waals surface area contributed by atoms with Crippen LogP contribution in [0, 0.1) is 0 Å². The van der Waals surface area contributed by atoms with Crippen molar-refractivity contribution in [3.63, 3.8) is 0 Å². The fourth-order valence-electron chi connectivity index (χ4n) is 2.91. The van der Waals surface area contributed by atoms with E-state index in [1.807, 2.05) is 41.3 Å². The lowest BCUT2D eigenvalue weighted by atomic mass is 9.76. The van der Waals surface area contributed by atoms with E-state index in [2.05, 4.69) is 19.1 Å². The lowest BCUT2D eigenvalue weighted by molar-refractivity contribution is -0.120. The average Bonchev–Trinajstić information content (AvgIpc) is 2.47. The second-order valence-corrected chi connectivity index (χ2v) is 5.54. The number of benzene rings is 2. The minimum Gasteiger partial charge on any atom is -0.399 e. The number of fused-ring (bicyclic) bond motifs is 1. The van der Waals surface area contributed by atoms with E-state index < -0.39 is 0 Å². The maximum atomic E-state index is 12.9. The Kier molecular flexibility index (Phi) is 3.65. The molecule has 108 valence electrons. The van der Waals surface area contributed by atoms with Crippen LogP contribution in [0.5, 0.6) is 0 Å². The quantitative estimate of drug-likeness (QED) is 0.873. The number of amides is 1. The zero-order valence-electron chi connectivity index (χ0n) is 12.3. The summed E-state index contributed by atoms with van der Waals surface area (Å²) in [7, 11) is 0. The van der Waals surface area contributed by atoms with E-state index in [1.165, 1.54) is 11.1 Å². The molecule has 0 bridgehead atoms. The molecule has 0 aromatic heterocycles. The van der Waals surface area contributed by atoms with Crippen LogP contribution in [0.1, 0.15) is 30.4 Å². The third-order valence-corrected chi connectivity index (χ3v) is 4.07. The summed E-state index contributed by atoms with van der Waals surface area (Å²) >= 11 is 0. The van der Waals surface area contributed by atoms with Gasteiger partial charge < -0.3 is 10.6 Å². The number of hydrogen-bond acceptors (Lipinski definition) is 2. The van der Waals surface area contributed by atoms with Crippen LogP contribution >= 0.6 is 0 Å². The third-order valence-electron chi connectivity index (χ3n) is 4.07. The van der Waals surface area contributed by atoms with E-state index in [0.717, 1.165) is 30.8 Å². The van der Waals surface area contributed by atoms with Crippen molar-refractivity contribution in [1.82, 2.24) is 0 Å². The molecule has 0 fully saturated rings. The summed E-state index contributed by atoms with van der Waals surface area (Å²) < 4.78 is 0. The van der Waals surface area contributed by atoms with Gasteiger partial charge in [-0.1, -0.05) is 31.2 Å². The lowest BCUT2D eigenvalue weighted by Crippen LogP contribution is -2.40. The van der Waals surface area contributed by atoms with Gasteiger partial charge in [-0.2, -0.15) is 0 Å². The van der Waals surface area contributed by atoms with E-state index >= 15 is 0 Å². The van der Waals surface area contributed by atoms with Gasteiger partial charge in [0.15, 0.2) is 0 Å². The van der Waals surface area contributed by atoms with Crippen molar-refractivity contribution in [1.29, 1.82) is 0 Å². The second kappa shape index (κ2) is 5.60. The van der Waals surface area contributed by atoms with Crippen LogP contribution in [0.2, 0.25) is 0 Å². The molecule has 2 aromatic rings. The van der Waals surface area contributed by atoms with Crippen molar-refractivity contribution in [3.8, 4) is 0 Å². The highest BCUT2D eigenvalue weighted by atomic mass is 16.2. The van der Waals surface area contributed by atoms with Crippen molar-refractivity contribution in [2.75, 3.05) is 17.2 Å². The van der Waals surface area contributed by atoms with Gasteiger partial charge in [0.1, 0.15) is 0 Å². The van der Waals surface area contributed by atoms with Crippen LogP contribution in [-0.2, 0) is 11.2 Å². The Morgan fingerprint density at radius 2 is 1.90 bits per heavy atom. The normalized spacial score (nSPS) is 16.0. The molecule has 21 heavy (non-hydrogen) atoms. The molecule has 1 aliphatic carbocycles. The standard InChI is InChI=1S/C18H20N2O/c1-2-11-20(15-9-7-14(19)8-10-15)18(21)17-12-13-5-3-4-6-16(13)17/h3-10,17H,2,11-12,19H2,1H3. The van der Waals surface area contributed by atoms with Gasteiger partial charge in [0.2, 0.25) is 5.91 Å². The summed E-state index contributed by atoms with van der Waals surface area (Å²) in [4.78, 5) is 14.7. The molecule has 1 amide bonds. The zero-order valence-corrected chi connectivity index (χ0v) is 12.3. The average molecular weight is 280 g/mol. The number of nitrogens with zero attached hydrogens (tertiary/aromatic N) is 1. The smallest absolute Gasteiger partial charge is 0.234 e. The summed E-state index contributed by atoms with van der Waals surface area (Å²) in [6.45, 7) is 2.83. The largest absolute Gasteiger partial charge is 0.399 e. The molecule has 2 N–H and O–H groups in total. The summed E-state index contributed by atoms with van der Waals surface area (Å²) in [5.41, 5.74) is 9.86. The molecule has 0 radical (unpaired) electrons. The second-order valence-electron chi connectivity index (χ2n) is 5.54. The van der Waals surface area contributed by atoms with Crippen LogP contribution in [-0.4, -0.2) is 12.5 Å². The number of rotatable bonds is 4. The fourth-order valence-corrected chi connectivity index (χ4v) is 2.91. The molecule has 0 spiro atoms. The van der Waals surface area contributed by atoms with Gasteiger partial charge in [-0.25, -0.2) is 0 Å². The van der Waals surface area contributed by atoms with Crippen LogP contribution in [0.3, 0.4) is 0 Å². The fraction of sp³-hybridized carbons (Fsp3) is 0.278. The van der Waals surface area contributed by atoms with Crippen molar-refractivity contribution in [2.45, 2.75) is 25.7 Å². The van der Waals surface area contributed by atoms with E-state index in [1.54, 1.807) is 0 Å². The van der Waals surface area contributed by atoms with Crippen LogP contribution in [0.15, 0.2) is 48.5 Å². The minimum absolute atomic E-state index is 0.00491. The summed E-state index contributed by atoms with van der Waals surface area (Å²) in [5.74, 6) is 0.200. The van der Waals surface area contributed by atoms with Crippen LogP contribution in [0.25, 0.3) is 0 Å². The highest BCUT2D eigenvalue weighted by molar-refractivity contribution is 6.00. The summed E-state index contributed by atoms with van der Waals surface area (Å²) in [6.07, 6.45) is 1.79. The summed E-state index contributed by atoms with van der Waals surface area (Å²) in [6, 6.07) is 15.7.